The Hall–Kier alpha value is -0.610. The Kier molecular flexibility index (Phi) is 4.05. The SMILES string of the molecule is CCN1CCCC1CNC1(C(=O)O)CCCC1. The van der Waals surface area contributed by atoms with Gasteiger partial charge in [-0.05, 0) is 38.8 Å². The highest BCUT2D eigenvalue weighted by molar-refractivity contribution is 5.79. The minimum absolute atomic E-state index is 0.539. The highest BCUT2D eigenvalue weighted by Crippen LogP contribution is 2.30. The Balaban J connectivity index is 1.89. The third-order valence-electron chi connectivity index (χ3n) is 4.45. The fraction of sp³-hybridized carbons (Fsp3) is 0.923. The number of hydrogen-bond donors (Lipinski definition) is 2. The first kappa shape index (κ1) is 12.8. The lowest BCUT2D eigenvalue weighted by Crippen LogP contribution is -2.53. The summed E-state index contributed by atoms with van der Waals surface area (Å²) in [5, 5.41) is 12.7. The average molecular weight is 240 g/mol. The molecule has 0 spiro atoms. The Morgan fingerprint density at radius 2 is 2.12 bits per heavy atom. The number of hydrogen-bond acceptors (Lipinski definition) is 3. The van der Waals surface area contributed by atoms with Gasteiger partial charge < -0.3 is 10.4 Å². The lowest BCUT2D eigenvalue weighted by Gasteiger charge is -2.30. The first-order valence-electron chi connectivity index (χ1n) is 6.90. The van der Waals surface area contributed by atoms with Crippen molar-refractivity contribution in [1.82, 2.24) is 10.2 Å². The molecule has 0 aromatic heterocycles. The van der Waals surface area contributed by atoms with Crippen molar-refractivity contribution in [2.45, 2.75) is 57.0 Å². The Bertz CT molecular complexity index is 275. The van der Waals surface area contributed by atoms with E-state index in [0.717, 1.165) is 38.8 Å². The molecule has 2 fully saturated rings. The molecule has 1 saturated carbocycles. The van der Waals surface area contributed by atoms with Gasteiger partial charge in [0.05, 0.1) is 0 Å². The molecule has 0 amide bonds. The van der Waals surface area contributed by atoms with Crippen molar-refractivity contribution in [3.63, 3.8) is 0 Å². The maximum absolute atomic E-state index is 11.4. The number of likely N-dealkylation sites (N-methyl/N-ethyl adjacent to an activating group) is 1. The smallest absolute Gasteiger partial charge is 0.323 e. The van der Waals surface area contributed by atoms with Crippen LogP contribution >= 0.6 is 0 Å². The number of likely N-dealkylation sites (tertiary alicyclic amines) is 1. The Morgan fingerprint density at radius 3 is 2.71 bits per heavy atom. The summed E-state index contributed by atoms with van der Waals surface area (Å²) in [6.07, 6.45) is 6.13. The van der Waals surface area contributed by atoms with Gasteiger partial charge in [-0.3, -0.25) is 9.69 Å². The second kappa shape index (κ2) is 5.36. The van der Waals surface area contributed by atoms with Crippen molar-refractivity contribution < 1.29 is 9.90 Å². The van der Waals surface area contributed by atoms with Gasteiger partial charge in [-0.2, -0.15) is 0 Å². The van der Waals surface area contributed by atoms with Gasteiger partial charge in [0.2, 0.25) is 0 Å². The van der Waals surface area contributed by atoms with Gasteiger partial charge in [0.25, 0.3) is 0 Å². The van der Waals surface area contributed by atoms with Gasteiger partial charge in [-0.25, -0.2) is 0 Å². The van der Waals surface area contributed by atoms with Crippen LogP contribution in [-0.4, -0.2) is 47.2 Å². The summed E-state index contributed by atoms with van der Waals surface area (Å²) in [5.74, 6) is -0.656. The predicted molar refractivity (Wildman–Crippen MR) is 67.1 cm³/mol. The number of carboxylic acids is 1. The van der Waals surface area contributed by atoms with Gasteiger partial charge in [-0.1, -0.05) is 19.8 Å². The van der Waals surface area contributed by atoms with Crippen LogP contribution in [0, 0.1) is 0 Å². The fourth-order valence-corrected chi connectivity index (χ4v) is 3.30. The summed E-state index contributed by atoms with van der Waals surface area (Å²) in [6.45, 7) is 5.26. The highest BCUT2D eigenvalue weighted by atomic mass is 16.4. The summed E-state index contributed by atoms with van der Waals surface area (Å²) < 4.78 is 0. The maximum atomic E-state index is 11.4. The molecule has 0 aromatic rings. The van der Waals surface area contributed by atoms with Gasteiger partial charge in [0.15, 0.2) is 0 Å². The standard InChI is InChI=1S/C13H24N2O2/c1-2-15-9-5-6-11(15)10-14-13(12(16)17)7-3-4-8-13/h11,14H,2-10H2,1H3,(H,16,17). The molecule has 2 N–H and O–H groups in total. The van der Waals surface area contributed by atoms with Gasteiger partial charge >= 0.3 is 5.97 Å². The Labute approximate surface area is 103 Å². The van der Waals surface area contributed by atoms with E-state index in [9.17, 15) is 9.90 Å². The zero-order valence-corrected chi connectivity index (χ0v) is 10.7. The zero-order valence-electron chi connectivity index (χ0n) is 10.7. The number of carbonyl (C=O) groups is 1. The van der Waals surface area contributed by atoms with E-state index in [2.05, 4.69) is 17.1 Å². The maximum Gasteiger partial charge on any atom is 0.323 e. The van der Waals surface area contributed by atoms with Crippen molar-refractivity contribution in [2.75, 3.05) is 19.6 Å². The quantitative estimate of drug-likeness (QED) is 0.764. The van der Waals surface area contributed by atoms with Crippen LogP contribution in [-0.2, 0) is 4.79 Å². The topological polar surface area (TPSA) is 52.6 Å². The molecule has 1 heterocycles. The van der Waals surface area contributed by atoms with E-state index >= 15 is 0 Å². The Morgan fingerprint density at radius 1 is 1.41 bits per heavy atom. The van der Waals surface area contributed by atoms with Crippen molar-refractivity contribution in [1.29, 1.82) is 0 Å². The molecule has 98 valence electrons. The largest absolute Gasteiger partial charge is 0.480 e. The van der Waals surface area contributed by atoms with Crippen LogP contribution in [0.5, 0.6) is 0 Å². The molecule has 4 nitrogen and oxygen atoms in total. The van der Waals surface area contributed by atoms with Gasteiger partial charge in [0.1, 0.15) is 5.54 Å². The molecule has 1 aliphatic heterocycles. The van der Waals surface area contributed by atoms with Gasteiger partial charge in [-0.15, -0.1) is 0 Å². The number of nitrogens with zero attached hydrogens (tertiary/aromatic N) is 1. The fourth-order valence-electron chi connectivity index (χ4n) is 3.30. The van der Waals surface area contributed by atoms with E-state index in [1.54, 1.807) is 0 Å². The summed E-state index contributed by atoms with van der Waals surface area (Å²) in [7, 11) is 0. The molecule has 17 heavy (non-hydrogen) atoms. The zero-order chi connectivity index (χ0) is 12.3. The predicted octanol–water partition coefficient (Wildman–Crippen LogP) is 1.46. The van der Waals surface area contributed by atoms with E-state index in [-0.39, 0.29) is 0 Å². The molecule has 2 rings (SSSR count). The van der Waals surface area contributed by atoms with Crippen LogP contribution in [0.1, 0.15) is 45.4 Å². The molecule has 2 aliphatic rings. The molecule has 1 atom stereocenters. The van der Waals surface area contributed by atoms with Crippen LogP contribution in [0.15, 0.2) is 0 Å². The van der Waals surface area contributed by atoms with Gasteiger partial charge in [0, 0.05) is 12.6 Å². The second-order valence-electron chi connectivity index (χ2n) is 5.40. The summed E-state index contributed by atoms with van der Waals surface area (Å²) >= 11 is 0. The lowest BCUT2D eigenvalue weighted by molar-refractivity contribution is -0.144. The molecule has 1 aliphatic carbocycles. The van der Waals surface area contributed by atoms with Crippen LogP contribution in [0.25, 0.3) is 0 Å². The molecule has 0 bridgehead atoms. The van der Waals surface area contributed by atoms with E-state index in [1.807, 2.05) is 0 Å². The molecule has 1 unspecified atom stereocenters. The molecule has 4 heteroatoms. The molecule has 0 radical (unpaired) electrons. The first-order chi connectivity index (χ1) is 8.18. The van der Waals surface area contributed by atoms with Crippen LogP contribution in [0.4, 0.5) is 0 Å². The van der Waals surface area contributed by atoms with Crippen molar-refractivity contribution in [3.05, 3.63) is 0 Å². The van der Waals surface area contributed by atoms with Crippen molar-refractivity contribution in [3.8, 4) is 0 Å². The summed E-state index contributed by atoms with van der Waals surface area (Å²) in [6, 6.07) is 0.539. The average Bonchev–Trinajstić information content (AvgIpc) is 2.96. The second-order valence-corrected chi connectivity index (χ2v) is 5.40. The molecule has 0 aromatic carbocycles. The third-order valence-corrected chi connectivity index (χ3v) is 4.45. The van der Waals surface area contributed by atoms with Crippen molar-refractivity contribution in [2.24, 2.45) is 0 Å². The molecule has 1 saturated heterocycles. The van der Waals surface area contributed by atoms with Crippen LogP contribution < -0.4 is 5.32 Å². The number of rotatable bonds is 5. The monoisotopic (exact) mass is 240 g/mol. The first-order valence-corrected chi connectivity index (χ1v) is 6.90. The number of carboxylic acid groups (broad SMARTS) is 1. The minimum atomic E-state index is -0.656. The summed E-state index contributed by atoms with van der Waals surface area (Å²) in [4.78, 5) is 13.9. The van der Waals surface area contributed by atoms with Crippen molar-refractivity contribution >= 4 is 5.97 Å². The number of aliphatic carboxylic acids is 1. The molecular formula is C13H24N2O2. The minimum Gasteiger partial charge on any atom is -0.480 e. The number of nitrogens with one attached hydrogen (secondary N) is 1. The third kappa shape index (κ3) is 2.63. The summed E-state index contributed by atoms with van der Waals surface area (Å²) in [5.41, 5.74) is -0.623. The van der Waals surface area contributed by atoms with E-state index in [0.29, 0.717) is 6.04 Å². The lowest BCUT2D eigenvalue weighted by atomic mass is 9.97. The molecular weight excluding hydrogens is 216 g/mol. The van der Waals surface area contributed by atoms with Crippen LogP contribution in [0.3, 0.4) is 0 Å². The van der Waals surface area contributed by atoms with Crippen LogP contribution in [0.2, 0.25) is 0 Å². The normalized spacial score (nSPS) is 28.6. The van der Waals surface area contributed by atoms with E-state index < -0.39 is 11.5 Å². The van der Waals surface area contributed by atoms with E-state index in [4.69, 9.17) is 0 Å². The van der Waals surface area contributed by atoms with E-state index in [1.165, 1.54) is 19.4 Å². The highest BCUT2D eigenvalue weighted by Gasteiger charge is 2.41.